The smallest absolute Gasteiger partial charge is 0.260 e. The average molecular weight is 413 g/mol. The van der Waals surface area contributed by atoms with E-state index in [0.29, 0.717) is 18.7 Å². The van der Waals surface area contributed by atoms with E-state index in [0.717, 1.165) is 34.1 Å². The first-order valence-corrected chi connectivity index (χ1v) is 10.9. The van der Waals surface area contributed by atoms with Crippen molar-refractivity contribution in [2.75, 3.05) is 38.7 Å². The lowest BCUT2D eigenvalue weighted by Gasteiger charge is -2.20. The molecule has 0 unspecified atom stereocenters. The number of aryl methyl sites for hydroxylation is 2. The number of hydrogen-bond donors (Lipinski definition) is 1. The minimum absolute atomic E-state index is 0.0183. The Morgan fingerprint density at radius 3 is 2.55 bits per heavy atom. The Hall–Kier alpha value is -2.44. The zero-order valence-corrected chi connectivity index (χ0v) is 18.7. The van der Waals surface area contributed by atoms with Gasteiger partial charge in [-0.15, -0.1) is 0 Å². The number of anilines is 1. The molecular weight excluding hydrogens is 382 g/mol. The molecule has 0 aliphatic carbocycles. The minimum atomic E-state index is -0.0183. The maximum Gasteiger partial charge on any atom is 0.260 e. The van der Waals surface area contributed by atoms with Crippen LogP contribution in [0.5, 0.6) is 5.75 Å². The molecule has 5 nitrogen and oxygen atoms in total. The molecule has 1 N–H and O–H groups in total. The van der Waals surface area contributed by atoms with Crippen LogP contribution in [0.15, 0.2) is 36.4 Å². The van der Waals surface area contributed by atoms with Gasteiger partial charge < -0.3 is 9.64 Å². The lowest BCUT2D eigenvalue weighted by atomic mass is 10.1. The number of nitrogens with one attached hydrogen (secondary N) is 1. The van der Waals surface area contributed by atoms with E-state index in [1.165, 1.54) is 16.0 Å². The first kappa shape index (κ1) is 21.3. The summed E-state index contributed by atoms with van der Waals surface area (Å²) in [5.74, 6) is 0.758. The van der Waals surface area contributed by atoms with Crippen molar-refractivity contribution in [2.24, 2.45) is 0 Å². The van der Waals surface area contributed by atoms with E-state index in [4.69, 9.17) is 9.72 Å². The van der Waals surface area contributed by atoms with E-state index in [9.17, 15) is 4.79 Å². The van der Waals surface area contributed by atoms with Gasteiger partial charge in [-0.1, -0.05) is 17.4 Å². The molecule has 0 radical (unpaired) electrons. The fourth-order valence-electron chi connectivity index (χ4n) is 3.37. The van der Waals surface area contributed by atoms with E-state index in [1.54, 1.807) is 11.3 Å². The molecule has 0 saturated carbocycles. The molecule has 0 aliphatic rings. The third kappa shape index (κ3) is 5.14. The van der Waals surface area contributed by atoms with E-state index in [1.807, 2.05) is 36.1 Å². The number of hydrogen-bond acceptors (Lipinski definition) is 4. The number of quaternary nitrogens is 1. The number of carbonyl (C=O) groups excluding carboxylic acids is 1. The summed E-state index contributed by atoms with van der Waals surface area (Å²) in [6, 6.07) is 11.6. The summed E-state index contributed by atoms with van der Waals surface area (Å²) in [7, 11) is 4.25. The first-order chi connectivity index (χ1) is 13.9. The van der Waals surface area contributed by atoms with E-state index < -0.39 is 0 Å². The molecule has 154 valence electrons. The van der Waals surface area contributed by atoms with Crippen LogP contribution in [0.4, 0.5) is 5.13 Å². The Morgan fingerprint density at radius 1 is 1.17 bits per heavy atom. The second-order valence-corrected chi connectivity index (χ2v) is 8.63. The van der Waals surface area contributed by atoms with Gasteiger partial charge in [-0.3, -0.25) is 9.69 Å². The van der Waals surface area contributed by atoms with Gasteiger partial charge in [-0.05, 0) is 62.2 Å². The highest BCUT2D eigenvalue weighted by Crippen LogP contribution is 2.33. The zero-order valence-electron chi connectivity index (χ0n) is 17.9. The molecule has 0 bridgehead atoms. The Labute approximate surface area is 176 Å². The molecular formula is C23H30N3O2S+. The number of nitrogens with zero attached hydrogens (tertiary/aromatic N) is 2. The van der Waals surface area contributed by atoms with E-state index in [-0.39, 0.29) is 5.91 Å². The van der Waals surface area contributed by atoms with Crippen molar-refractivity contribution in [1.29, 1.82) is 0 Å². The van der Waals surface area contributed by atoms with E-state index >= 15 is 0 Å². The lowest BCUT2D eigenvalue weighted by Crippen LogP contribution is -3.05. The average Bonchev–Trinajstić information content (AvgIpc) is 3.09. The van der Waals surface area contributed by atoms with Gasteiger partial charge in [0.2, 0.25) is 0 Å². The second kappa shape index (κ2) is 9.37. The van der Waals surface area contributed by atoms with Crippen molar-refractivity contribution in [3.05, 3.63) is 53.1 Å². The topological polar surface area (TPSA) is 46.9 Å². The predicted molar refractivity (Wildman–Crippen MR) is 121 cm³/mol. The molecule has 1 heterocycles. The van der Waals surface area contributed by atoms with Gasteiger partial charge in [0.25, 0.3) is 5.91 Å². The number of rotatable bonds is 8. The fraction of sp³-hybridized carbons (Fsp3) is 0.391. The quantitative estimate of drug-likeness (QED) is 0.616. The van der Waals surface area contributed by atoms with Crippen LogP contribution in [0.2, 0.25) is 0 Å². The summed E-state index contributed by atoms with van der Waals surface area (Å²) in [5.41, 5.74) is 4.01. The van der Waals surface area contributed by atoms with Gasteiger partial charge in [0, 0.05) is 18.5 Å². The first-order valence-electron chi connectivity index (χ1n) is 10.1. The molecule has 29 heavy (non-hydrogen) atoms. The summed E-state index contributed by atoms with van der Waals surface area (Å²) in [5, 5.41) is 0.765. The summed E-state index contributed by atoms with van der Waals surface area (Å²) in [4.78, 5) is 21.4. The number of thiazole rings is 1. The number of carbonyl (C=O) groups is 1. The van der Waals surface area contributed by atoms with Crippen molar-refractivity contribution >= 4 is 32.6 Å². The number of fused-ring (bicyclic) bond motifs is 1. The molecule has 3 aromatic rings. The largest absolute Gasteiger partial charge is 0.494 e. The van der Waals surface area contributed by atoms with Gasteiger partial charge in [0.15, 0.2) is 5.13 Å². The molecule has 6 heteroatoms. The molecule has 2 aromatic carbocycles. The summed E-state index contributed by atoms with van der Waals surface area (Å²) in [6.45, 7) is 8.38. The zero-order chi connectivity index (χ0) is 21.0. The van der Waals surface area contributed by atoms with Crippen molar-refractivity contribution in [3.63, 3.8) is 0 Å². The Kier molecular flexibility index (Phi) is 6.87. The van der Waals surface area contributed by atoms with Gasteiger partial charge in [-0.2, -0.15) is 0 Å². The third-order valence-corrected chi connectivity index (χ3v) is 5.99. The van der Waals surface area contributed by atoms with Gasteiger partial charge >= 0.3 is 0 Å². The normalized spacial score (nSPS) is 11.2. The number of amides is 1. The Balaban J connectivity index is 1.93. The Bertz CT molecular complexity index is 980. The van der Waals surface area contributed by atoms with Crippen LogP contribution in [0.25, 0.3) is 10.2 Å². The van der Waals surface area contributed by atoms with E-state index in [2.05, 4.69) is 40.1 Å². The maximum atomic E-state index is 13.4. The summed E-state index contributed by atoms with van der Waals surface area (Å²) >= 11 is 1.60. The molecule has 0 atom stereocenters. The summed E-state index contributed by atoms with van der Waals surface area (Å²) < 4.78 is 6.65. The monoisotopic (exact) mass is 412 g/mol. The number of aromatic nitrogens is 1. The number of ether oxygens (including phenoxy) is 1. The maximum absolute atomic E-state index is 13.4. The van der Waals surface area contributed by atoms with Crippen molar-refractivity contribution in [2.45, 2.75) is 27.2 Å². The van der Waals surface area contributed by atoms with Gasteiger partial charge in [0.05, 0.1) is 37.5 Å². The van der Waals surface area contributed by atoms with Crippen molar-refractivity contribution in [1.82, 2.24) is 4.98 Å². The summed E-state index contributed by atoms with van der Waals surface area (Å²) in [6.07, 6.45) is 0.916. The molecule has 1 amide bonds. The molecule has 3 rings (SSSR count). The fourth-order valence-corrected chi connectivity index (χ4v) is 4.41. The highest BCUT2D eigenvalue weighted by molar-refractivity contribution is 7.22. The predicted octanol–water partition coefficient (Wildman–Crippen LogP) is 3.49. The highest BCUT2D eigenvalue weighted by Gasteiger charge is 2.22. The molecule has 0 aliphatic heterocycles. The van der Waals surface area contributed by atoms with Crippen LogP contribution < -0.4 is 14.5 Å². The van der Waals surface area contributed by atoms with Crippen LogP contribution in [-0.2, 0) is 0 Å². The third-order valence-electron chi connectivity index (χ3n) is 4.76. The number of benzene rings is 2. The standard InChI is InChI=1S/C23H29N3O2S/c1-6-28-19-10-8-18(9-11-19)22(27)26(13-7-12-25(4)5)23-24-20-15-16(2)14-17(3)21(20)29-23/h8-11,14-15H,6-7,12-13H2,1-5H3/p+1. The molecule has 1 aromatic heterocycles. The highest BCUT2D eigenvalue weighted by atomic mass is 32.1. The van der Waals surface area contributed by atoms with Crippen molar-refractivity contribution in [3.8, 4) is 5.75 Å². The Morgan fingerprint density at radius 2 is 1.90 bits per heavy atom. The molecule has 0 fully saturated rings. The molecule has 0 spiro atoms. The van der Waals surface area contributed by atoms with Gasteiger partial charge in [0.1, 0.15) is 5.75 Å². The molecule has 0 saturated heterocycles. The SMILES string of the molecule is CCOc1ccc(C(=O)N(CCC[NH+](C)C)c2nc3cc(C)cc(C)c3s2)cc1. The lowest BCUT2D eigenvalue weighted by molar-refractivity contribution is -0.858. The second-order valence-electron chi connectivity index (χ2n) is 7.65. The van der Waals surface area contributed by atoms with Crippen LogP contribution in [0, 0.1) is 13.8 Å². The van der Waals surface area contributed by atoms with Crippen LogP contribution in [0.3, 0.4) is 0 Å². The van der Waals surface area contributed by atoms with Crippen LogP contribution in [0.1, 0.15) is 34.8 Å². The van der Waals surface area contributed by atoms with Crippen LogP contribution >= 0.6 is 11.3 Å². The van der Waals surface area contributed by atoms with Crippen molar-refractivity contribution < 1.29 is 14.4 Å². The minimum Gasteiger partial charge on any atom is -0.494 e. The van der Waals surface area contributed by atoms with Gasteiger partial charge in [-0.25, -0.2) is 4.98 Å². The van der Waals surface area contributed by atoms with Crippen LogP contribution in [-0.4, -0.2) is 44.7 Å².